The zero-order chi connectivity index (χ0) is 8.69. The molecule has 0 aromatic rings. The van der Waals surface area contributed by atoms with Gasteiger partial charge < -0.3 is 4.74 Å². The van der Waals surface area contributed by atoms with E-state index in [1.54, 1.807) is 0 Å². The molecule has 0 saturated heterocycles. The molecule has 2 nitrogen and oxygen atoms in total. The molecule has 0 amide bonds. The largest absolute Gasteiger partial charge is 0.376 e. The van der Waals surface area contributed by atoms with Crippen LogP contribution < -0.4 is 0 Å². The van der Waals surface area contributed by atoms with Gasteiger partial charge in [-0.05, 0) is 0 Å². The fourth-order valence-electron chi connectivity index (χ4n) is 0.681. The van der Waals surface area contributed by atoms with Gasteiger partial charge in [-0.3, -0.25) is 4.79 Å². The molecule has 0 aromatic heterocycles. The molecular weight excluding hydrogens is 208 g/mol. The van der Waals surface area contributed by atoms with Gasteiger partial charge in [0.2, 0.25) is 0 Å². The van der Waals surface area contributed by atoms with Crippen molar-refractivity contribution < 1.29 is 9.53 Å². The number of carbonyl (C=O) groups excluding carboxylic acids is 1. The van der Waals surface area contributed by atoms with Crippen molar-refractivity contribution in [2.45, 2.75) is 20.3 Å². The molecule has 0 radical (unpaired) electrons. The maximum Gasteiger partial charge on any atom is 0.149 e. The Hall–Kier alpha value is -0.150. The van der Waals surface area contributed by atoms with Gasteiger partial charge >= 0.3 is 0 Å². The SMILES string of the molecule is CC.O=CC1=C(Br)CCOC1. The third-order valence-electron chi connectivity index (χ3n) is 1.21. The minimum atomic E-state index is 0.462. The Kier molecular flexibility index (Phi) is 6.46. The topological polar surface area (TPSA) is 26.3 Å². The number of rotatable bonds is 1. The molecule has 1 aliphatic rings. The van der Waals surface area contributed by atoms with Gasteiger partial charge in [-0.2, -0.15) is 0 Å². The van der Waals surface area contributed by atoms with E-state index in [1.807, 2.05) is 13.8 Å². The summed E-state index contributed by atoms with van der Waals surface area (Å²) in [6.45, 7) is 5.18. The van der Waals surface area contributed by atoms with Crippen molar-refractivity contribution in [1.82, 2.24) is 0 Å². The molecule has 64 valence electrons. The highest BCUT2D eigenvalue weighted by atomic mass is 79.9. The molecule has 11 heavy (non-hydrogen) atoms. The van der Waals surface area contributed by atoms with Gasteiger partial charge in [0.15, 0.2) is 0 Å². The molecular formula is C8H13BrO2. The highest BCUT2D eigenvalue weighted by molar-refractivity contribution is 9.11. The van der Waals surface area contributed by atoms with Gasteiger partial charge in [0, 0.05) is 16.5 Å². The predicted molar refractivity (Wildman–Crippen MR) is 48.8 cm³/mol. The minimum Gasteiger partial charge on any atom is -0.376 e. The molecule has 0 atom stereocenters. The molecule has 0 fully saturated rings. The second kappa shape index (κ2) is 6.55. The van der Waals surface area contributed by atoms with Crippen molar-refractivity contribution in [2.24, 2.45) is 0 Å². The first-order valence-electron chi connectivity index (χ1n) is 3.75. The molecule has 1 aliphatic heterocycles. The molecule has 3 heteroatoms. The summed E-state index contributed by atoms with van der Waals surface area (Å²) in [6.07, 6.45) is 1.66. The van der Waals surface area contributed by atoms with Crippen molar-refractivity contribution in [2.75, 3.05) is 13.2 Å². The van der Waals surface area contributed by atoms with Crippen LogP contribution in [0.15, 0.2) is 10.1 Å². The van der Waals surface area contributed by atoms with E-state index in [0.717, 1.165) is 29.4 Å². The summed E-state index contributed by atoms with van der Waals surface area (Å²) in [4.78, 5) is 10.2. The fraction of sp³-hybridized carbons (Fsp3) is 0.625. The zero-order valence-corrected chi connectivity index (χ0v) is 8.48. The maximum atomic E-state index is 10.2. The maximum absolute atomic E-state index is 10.2. The molecule has 0 bridgehead atoms. The molecule has 0 unspecified atom stereocenters. The molecule has 0 saturated carbocycles. The van der Waals surface area contributed by atoms with E-state index in [2.05, 4.69) is 15.9 Å². The first kappa shape index (κ1) is 10.8. The Morgan fingerprint density at radius 2 is 2.18 bits per heavy atom. The van der Waals surface area contributed by atoms with Gasteiger partial charge in [-0.15, -0.1) is 0 Å². The van der Waals surface area contributed by atoms with Crippen LogP contribution in [0, 0.1) is 0 Å². The van der Waals surface area contributed by atoms with E-state index in [0.29, 0.717) is 6.61 Å². The summed E-state index contributed by atoms with van der Waals surface area (Å²) in [5.74, 6) is 0. The van der Waals surface area contributed by atoms with Crippen LogP contribution in [0.4, 0.5) is 0 Å². The standard InChI is InChI=1S/C6H7BrO2.C2H6/c7-6-1-2-9-4-5(6)3-8;1-2/h3H,1-2,4H2;1-2H3. The van der Waals surface area contributed by atoms with E-state index >= 15 is 0 Å². The van der Waals surface area contributed by atoms with E-state index in [1.165, 1.54) is 0 Å². The van der Waals surface area contributed by atoms with E-state index in [9.17, 15) is 4.79 Å². The van der Waals surface area contributed by atoms with Crippen LogP contribution in [0.5, 0.6) is 0 Å². The Balaban J connectivity index is 0.000000461. The number of halogens is 1. The van der Waals surface area contributed by atoms with Crippen molar-refractivity contribution in [3.8, 4) is 0 Å². The van der Waals surface area contributed by atoms with Crippen molar-refractivity contribution in [3.63, 3.8) is 0 Å². The van der Waals surface area contributed by atoms with Crippen LogP contribution in [0.1, 0.15) is 20.3 Å². The highest BCUT2D eigenvalue weighted by Gasteiger charge is 2.08. The van der Waals surface area contributed by atoms with E-state index in [4.69, 9.17) is 4.74 Å². The molecule has 1 rings (SSSR count). The quantitative estimate of drug-likeness (QED) is 0.635. The monoisotopic (exact) mass is 220 g/mol. The van der Waals surface area contributed by atoms with Crippen LogP contribution in [0.2, 0.25) is 0 Å². The van der Waals surface area contributed by atoms with Gasteiger partial charge in [0.05, 0.1) is 13.2 Å². The number of ether oxygens (including phenoxy) is 1. The molecule has 0 aliphatic carbocycles. The normalized spacial score (nSPS) is 17.0. The number of hydrogen-bond acceptors (Lipinski definition) is 2. The number of carbonyl (C=O) groups is 1. The van der Waals surface area contributed by atoms with Crippen LogP contribution >= 0.6 is 15.9 Å². The minimum absolute atomic E-state index is 0.462. The molecule has 0 N–H and O–H groups in total. The van der Waals surface area contributed by atoms with Crippen LogP contribution in [-0.4, -0.2) is 19.5 Å². The molecule has 1 heterocycles. The third kappa shape index (κ3) is 3.68. The van der Waals surface area contributed by atoms with Gasteiger partial charge in [-0.25, -0.2) is 0 Å². The fourth-order valence-corrected chi connectivity index (χ4v) is 1.05. The third-order valence-corrected chi connectivity index (χ3v) is 2.12. The Morgan fingerprint density at radius 1 is 1.55 bits per heavy atom. The lowest BCUT2D eigenvalue weighted by Crippen LogP contribution is -2.09. The number of hydrogen-bond donors (Lipinski definition) is 0. The molecule has 0 spiro atoms. The van der Waals surface area contributed by atoms with Crippen molar-refractivity contribution in [1.29, 1.82) is 0 Å². The second-order valence-electron chi connectivity index (χ2n) is 1.85. The Morgan fingerprint density at radius 3 is 2.55 bits per heavy atom. The van der Waals surface area contributed by atoms with Crippen LogP contribution in [-0.2, 0) is 9.53 Å². The van der Waals surface area contributed by atoms with Gasteiger partial charge in [0.25, 0.3) is 0 Å². The van der Waals surface area contributed by atoms with Crippen LogP contribution in [0.25, 0.3) is 0 Å². The van der Waals surface area contributed by atoms with E-state index in [-0.39, 0.29) is 0 Å². The summed E-state index contributed by atoms with van der Waals surface area (Å²) >= 11 is 3.28. The predicted octanol–water partition coefficient (Wildman–Crippen LogP) is 2.28. The summed E-state index contributed by atoms with van der Waals surface area (Å²) < 4.78 is 6.01. The average molecular weight is 221 g/mol. The van der Waals surface area contributed by atoms with Gasteiger partial charge in [0.1, 0.15) is 6.29 Å². The lowest BCUT2D eigenvalue weighted by molar-refractivity contribution is -0.105. The smallest absolute Gasteiger partial charge is 0.149 e. The van der Waals surface area contributed by atoms with Crippen molar-refractivity contribution in [3.05, 3.63) is 10.1 Å². The lowest BCUT2D eigenvalue weighted by atomic mass is 10.2. The lowest BCUT2D eigenvalue weighted by Gasteiger charge is -2.11. The molecule has 0 aromatic carbocycles. The first-order chi connectivity index (χ1) is 5.34. The highest BCUT2D eigenvalue weighted by Crippen LogP contribution is 2.19. The summed E-state index contributed by atoms with van der Waals surface area (Å²) in [7, 11) is 0. The Labute approximate surface area is 75.7 Å². The van der Waals surface area contributed by atoms with E-state index < -0.39 is 0 Å². The van der Waals surface area contributed by atoms with Crippen molar-refractivity contribution >= 4 is 22.2 Å². The summed E-state index contributed by atoms with van der Waals surface area (Å²) in [5.41, 5.74) is 0.737. The number of aldehydes is 1. The zero-order valence-electron chi connectivity index (χ0n) is 6.89. The second-order valence-corrected chi connectivity index (χ2v) is 2.81. The first-order valence-corrected chi connectivity index (χ1v) is 4.54. The average Bonchev–Trinajstić information content (AvgIpc) is 2.09. The van der Waals surface area contributed by atoms with Crippen LogP contribution in [0.3, 0.4) is 0 Å². The summed E-state index contributed by atoms with van der Waals surface area (Å²) in [5, 5.41) is 0. The summed E-state index contributed by atoms with van der Waals surface area (Å²) in [6, 6.07) is 0. The van der Waals surface area contributed by atoms with Gasteiger partial charge in [-0.1, -0.05) is 29.8 Å². The Bertz CT molecular complexity index is 152.